The topological polar surface area (TPSA) is 52.6 Å². The normalized spacial score (nSPS) is 24.4. The second kappa shape index (κ2) is 7.39. The lowest BCUT2D eigenvalue weighted by Crippen LogP contribution is -2.48. The maximum absolute atomic E-state index is 12.0. The van der Waals surface area contributed by atoms with Crippen LogP contribution in [-0.4, -0.2) is 52.8 Å². The van der Waals surface area contributed by atoms with Crippen molar-refractivity contribution in [3.8, 4) is 0 Å². The zero-order chi connectivity index (χ0) is 14.5. The lowest BCUT2D eigenvalue weighted by molar-refractivity contribution is 0.147. The van der Waals surface area contributed by atoms with Crippen LogP contribution in [0.3, 0.4) is 0 Å². The maximum Gasteiger partial charge on any atom is 0.317 e. The van der Waals surface area contributed by atoms with E-state index in [-0.39, 0.29) is 18.1 Å². The number of aliphatic hydroxyl groups excluding tert-OH is 1. The van der Waals surface area contributed by atoms with E-state index in [1.54, 1.807) is 0 Å². The number of carbonyl (C=O) groups is 1. The molecule has 0 radical (unpaired) electrons. The maximum atomic E-state index is 12.0. The van der Waals surface area contributed by atoms with E-state index in [1.165, 1.54) is 0 Å². The summed E-state index contributed by atoms with van der Waals surface area (Å²) in [5.41, 5.74) is -0.0461. The van der Waals surface area contributed by atoms with Gasteiger partial charge in [0.25, 0.3) is 0 Å². The van der Waals surface area contributed by atoms with Crippen molar-refractivity contribution in [2.24, 2.45) is 5.41 Å². The number of rotatable bonds is 5. The van der Waals surface area contributed by atoms with Crippen LogP contribution in [0, 0.1) is 5.41 Å². The predicted molar refractivity (Wildman–Crippen MR) is 81.6 cm³/mol. The van der Waals surface area contributed by atoms with Crippen molar-refractivity contribution in [1.82, 2.24) is 10.2 Å². The minimum atomic E-state index is -0.0461. The second-order valence-corrected chi connectivity index (χ2v) is 8.20. The van der Waals surface area contributed by atoms with Crippen LogP contribution in [0.4, 0.5) is 4.79 Å². The third-order valence-corrected chi connectivity index (χ3v) is 4.67. The molecule has 2 amide bonds. The fourth-order valence-corrected chi connectivity index (χ4v) is 3.62. The van der Waals surface area contributed by atoms with Gasteiger partial charge in [-0.05, 0) is 18.3 Å². The van der Waals surface area contributed by atoms with Crippen LogP contribution in [0.5, 0.6) is 0 Å². The first kappa shape index (κ1) is 16.6. The fraction of sp³-hybridized carbons (Fsp3) is 0.929. The molecule has 0 saturated carbocycles. The Balaban J connectivity index is 2.24. The van der Waals surface area contributed by atoms with Crippen molar-refractivity contribution >= 4 is 17.8 Å². The first-order valence-corrected chi connectivity index (χ1v) is 8.07. The molecule has 0 bridgehead atoms. The molecule has 112 valence electrons. The molecule has 1 heterocycles. The fourth-order valence-electron chi connectivity index (χ4n) is 2.30. The quantitative estimate of drug-likeness (QED) is 0.763. The smallest absolute Gasteiger partial charge is 0.317 e. The number of carbonyl (C=O) groups excluding carboxylic acids is 1. The van der Waals surface area contributed by atoms with Crippen LogP contribution >= 0.6 is 11.8 Å². The predicted octanol–water partition coefficient (Wildman–Crippen LogP) is 2.32. The number of nitrogens with one attached hydrogen (secondary N) is 1. The molecular formula is C14H28N2O2S. The number of hydrogen-bond acceptors (Lipinski definition) is 3. The van der Waals surface area contributed by atoms with Gasteiger partial charge in [-0.25, -0.2) is 4.79 Å². The number of hydrogen-bond donors (Lipinski definition) is 2. The average Bonchev–Trinajstić information content (AvgIpc) is 2.33. The molecule has 19 heavy (non-hydrogen) atoms. The van der Waals surface area contributed by atoms with Crippen LogP contribution < -0.4 is 5.32 Å². The van der Waals surface area contributed by atoms with Gasteiger partial charge in [-0.2, -0.15) is 11.8 Å². The molecule has 2 unspecified atom stereocenters. The lowest BCUT2D eigenvalue weighted by atomic mass is 9.89. The van der Waals surface area contributed by atoms with E-state index in [9.17, 15) is 4.79 Å². The van der Waals surface area contributed by atoms with E-state index in [0.717, 1.165) is 25.9 Å². The summed E-state index contributed by atoms with van der Waals surface area (Å²) in [5.74, 6) is 0. The van der Waals surface area contributed by atoms with E-state index in [1.807, 2.05) is 30.5 Å². The van der Waals surface area contributed by atoms with Gasteiger partial charge in [0.1, 0.15) is 0 Å². The summed E-state index contributed by atoms with van der Waals surface area (Å²) in [6.07, 6.45) is 1.83. The first-order chi connectivity index (χ1) is 8.84. The summed E-state index contributed by atoms with van der Waals surface area (Å²) in [6, 6.07) is 0.0563. The van der Waals surface area contributed by atoms with Crippen LogP contribution in [0.25, 0.3) is 0 Å². The van der Waals surface area contributed by atoms with Crippen molar-refractivity contribution in [2.75, 3.05) is 26.2 Å². The molecule has 1 fully saturated rings. The average molecular weight is 288 g/mol. The lowest BCUT2D eigenvalue weighted by Gasteiger charge is -2.34. The molecule has 1 aliphatic rings. The Morgan fingerprint density at radius 1 is 1.37 bits per heavy atom. The number of nitrogens with zero attached hydrogens (tertiary/aromatic N) is 1. The number of urea groups is 1. The zero-order valence-electron chi connectivity index (χ0n) is 12.6. The van der Waals surface area contributed by atoms with Crippen molar-refractivity contribution in [1.29, 1.82) is 0 Å². The van der Waals surface area contributed by atoms with Crippen LogP contribution in [-0.2, 0) is 0 Å². The van der Waals surface area contributed by atoms with Gasteiger partial charge in [0.05, 0.1) is 0 Å². The van der Waals surface area contributed by atoms with Crippen LogP contribution in [0.2, 0.25) is 0 Å². The highest BCUT2D eigenvalue weighted by Crippen LogP contribution is 2.24. The third kappa shape index (κ3) is 6.04. The largest absolute Gasteiger partial charge is 0.396 e. The van der Waals surface area contributed by atoms with Gasteiger partial charge in [0.2, 0.25) is 0 Å². The van der Waals surface area contributed by atoms with Gasteiger partial charge in [-0.15, -0.1) is 0 Å². The molecule has 1 rings (SSSR count). The van der Waals surface area contributed by atoms with Gasteiger partial charge < -0.3 is 15.3 Å². The summed E-state index contributed by atoms with van der Waals surface area (Å²) in [7, 11) is 0. The molecule has 1 aliphatic heterocycles. The number of amides is 2. The minimum Gasteiger partial charge on any atom is -0.396 e. The third-order valence-electron chi connectivity index (χ3n) is 3.44. The number of aliphatic hydroxyl groups is 1. The molecule has 0 aromatic heterocycles. The number of thioether (sulfide) groups is 1. The van der Waals surface area contributed by atoms with E-state index in [0.29, 0.717) is 17.0 Å². The SMILES string of the molecule is CC1CN(C(=O)NCCCC(C)(C)CO)CC(C)S1. The Morgan fingerprint density at radius 3 is 2.47 bits per heavy atom. The Kier molecular flexibility index (Phi) is 6.47. The highest BCUT2D eigenvalue weighted by Gasteiger charge is 2.25. The second-order valence-electron chi connectivity index (χ2n) is 6.32. The molecule has 4 nitrogen and oxygen atoms in total. The van der Waals surface area contributed by atoms with E-state index >= 15 is 0 Å². The van der Waals surface area contributed by atoms with Gasteiger partial charge >= 0.3 is 6.03 Å². The minimum absolute atomic E-state index is 0.0461. The molecular weight excluding hydrogens is 260 g/mol. The molecule has 2 atom stereocenters. The molecule has 5 heteroatoms. The van der Waals surface area contributed by atoms with E-state index in [2.05, 4.69) is 19.2 Å². The highest BCUT2D eigenvalue weighted by atomic mass is 32.2. The Labute approximate surface area is 121 Å². The zero-order valence-corrected chi connectivity index (χ0v) is 13.4. The van der Waals surface area contributed by atoms with E-state index in [4.69, 9.17) is 5.11 Å². The summed E-state index contributed by atoms with van der Waals surface area (Å²) >= 11 is 1.95. The van der Waals surface area contributed by atoms with Crippen molar-refractivity contribution in [3.63, 3.8) is 0 Å². The highest BCUT2D eigenvalue weighted by molar-refractivity contribution is 8.00. The van der Waals surface area contributed by atoms with Crippen LogP contribution in [0.1, 0.15) is 40.5 Å². The molecule has 2 N–H and O–H groups in total. The summed E-state index contributed by atoms with van der Waals surface area (Å²) in [6.45, 7) is 11.0. The van der Waals surface area contributed by atoms with E-state index < -0.39 is 0 Å². The van der Waals surface area contributed by atoms with Gasteiger partial charge in [0, 0.05) is 36.7 Å². The first-order valence-electron chi connectivity index (χ1n) is 7.13. The van der Waals surface area contributed by atoms with Crippen molar-refractivity contribution < 1.29 is 9.90 Å². The van der Waals surface area contributed by atoms with Crippen molar-refractivity contribution in [3.05, 3.63) is 0 Å². The van der Waals surface area contributed by atoms with Gasteiger partial charge in [0.15, 0.2) is 0 Å². The van der Waals surface area contributed by atoms with Gasteiger partial charge in [-0.1, -0.05) is 27.7 Å². The molecule has 0 aliphatic carbocycles. The monoisotopic (exact) mass is 288 g/mol. The molecule has 1 saturated heterocycles. The standard InChI is InChI=1S/C14H28N2O2S/c1-11-8-16(9-12(2)19-11)13(18)15-7-5-6-14(3,4)10-17/h11-12,17H,5-10H2,1-4H3,(H,15,18). The van der Waals surface area contributed by atoms with Crippen LogP contribution in [0.15, 0.2) is 0 Å². The Bertz CT molecular complexity index is 287. The molecule has 0 aromatic carbocycles. The van der Waals surface area contributed by atoms with Crippen molar-refractivity contribution in [2.45, 2.75) is 51.0 Å². The van der Waals surface area contributed by atoms with Gasteiger partial charge in [-0.3, -0.25) is 0 Å². The Morgan fingerprint density at radius 2 is 1.95 bits per heavy atom. The summed E-state index contributed by atoms with van der Waals surface area (Å²) < 4.78 is 0. The molecule has 0 aromatic rings. The summed E-state index contributed by atoms with van der Waals surface area (Å²) in [4.78, 5) is 14.0. The summed E-state index contributed by atoms with van der Waals surface area (Å²) in [5, 5.41) is 13.2. The Hall–Kier alpha value is -0.420. The molecule has 0 spiro atoms.